The van der Waals surface area contributed by atoms with Crippen LogP contribution in [0.1, 0.15) is 25.8 Å². The lowest BCUT2D eigenvalue weighted by atomic mass is 9.94. The second kappa shape index (κ2) is 5.14. The van der Waals surface area contributed by atoms with Crippen molar-refractivity contribution in [3.8, 4) is 17.2 Å². The lowest BCUT2D eigenvalue weighted by molar-refractivity contribution is 0.0881. The third-order valence-electron chi connectivity index (χ3n) is 4.30. The van der Waals surface area contributed by atoms with Gasteiger partial charge in [-0.05, 0) is 38.0 Å². The Bertz CT molecular complexity index is 505. The summed E-state index contributed by atoms with van der Waals surface area (Å²) in [4.78, 5) is 0. The Morgan fingerprint density at radius 2 is 2.25 bits per heavy atom. The number of fused-ring (bicyclic) bond motifs is 1. The smallest absolute Gasteiger partial charge is 0.231 e. The van der Waals surface area contributed by atoms with Gasteiger partial charge in [0.25, 0.3) is 0 Å². The summed E-state index contributed by atoms with van der Waals surface area (Å²) in [5, 5.41) is 3.59. The largest absolute Gasteiger partial charge is 0.493 e. The lowest BCUT2D eigenvalue weighted by Crippen LogP contribution is -2.47. The summed E-state index contributed by atoms with van der Waals surface area (Å²) >= 11 is 0. The van der Waals surface area contributed by atoms with Gasteiger partial charge in [-0.1, -0.05) is 0 Å². The van der Waals surface area contributed by atoms with Crippen LogP contribution in [0, 0.1) is 0 Å². The van der Waals surface area contributed by atoms with Gasteiger partial charge in [0.05, 0.1) is 13.2 Å². The van der Waals surface area contributed by atoms with Gasteiger partial charge < -0.3 is 24.3 Å². The highest BCUT2D eigenvalue weighted by atomic mass is 16.7. The highest BCUT2D eigenvalue weighted by Crippen LogP contribution is 2.42. The fraction of sp³-hybridized carbons (Fsp3) is 0.600. The molecule has 1 N–H and O–H groups in total. The van der Waals surface area contributed by atoms with E-state index in [1.54, 1.807) is 7.11 Å². The minimum Gasteiger partial charge on any atom is -0.493 e. The molecule has 20 heavy (non-hydrogen) atoms. The molecule has 2 aliphatic rings. The molecule has 0 aliphatic carbocycles. The average molecular weight is 279 g/mol. The SMILES string of the molecule is COc1cc(CNC2(C)CCOC2C)cc2c1OCO2. The van der Waals surface area contributed by atoms with E-state index in [1.165, 1.54) is 0 Å². The molecule has 1 fully saturated rings. The Morgan fingerprint density at radius 3 is 2.95 bits per heavy atom. The van der Waals surface area contributed by atoms with Gasteiger partial charge in [0.1, 0.15) is 0 Å². The van der Waals surface area contributed by atoms with Crippen molar-refractivity contribution in [3.05, 3.63) is 17.7 Å². The molecule has 0 radical (unpaired) electrons. The summed E-state index contributed by atoms with van der Waals surface area (Å²) in [5.41, 5.74) is 1.13. The summed E-state index contributed by atoms with van der Waals surface area (Å²) in [7, 11) is 1.64. The summed E-state index contributed by atoms with van der Waals surface area (Å²) in [6.45, 7) is 6.13. The topological polar surface area (TPSA) is 49.0 Å². The van der Waals surface area contributed by atoms with Crippen molar-refractivity contribution in [2.24, 2.45) is 0 Å². The molecule has 0 spiro atoms. The summed E-state index contributed by atoms with van der Waals surface area (Å²) in [5.74, 6) is 2.17. The van der Waals surface area contributed by atoms with Crippen molar-refractivity contribution >= 4 is 0 Å². The Kier molecular flexibility index (Phi) is 3.48. The van der Waals surface area contributed by atoms with Crippen molar-refractivity contribution < 1.29 is 18.9 Å². The quantitative estimate of drug-likeness (QED) is 0.914. The normalized spacial score (nSPS) is 27.9. The van der Waals surface area contributed by atoms with Gasteiger partial charge in [0, 0.05) is 18.7 Å². The molecule has 3 rings (SSSR count). The predicted octanol–water partition coefficient (Wildman–Crippen LogP) is 2.08. The van der Waals surface area contributed by atoms with E-state index in [0.29, 0.717) is 5.75 Å². The van der Waals surface area contributed by atoms with E-state index in [4.69, 9.17) is 18.9 Å². The number of nitrogens with one attached hydrogen (secondary N) is 1. The van der Waals surface area contributed by atoms with Crippen LogP contribution in [0.25, 0.3) is 0 Å². The first-order chi connectivity index (χ1) is 9.62. The first-order valence-electron chi connectivity index (χ1n) is 6.95. The molecular weight excluding hydrogens is 258 g/mol. The van der Waals surface area contributed by atoms with Gasteiger partial charge in [0.15, 0.2) is 11.5 Å². The van der Waals surface area contributed by atoms with Crippen molar-refractivity contribution in [3.63, 3.8) is 0 Å². The number of ether oxygens (including phenoxy) is 4. The zero-order valence-electron chi connectivity index (χ0n) is 12.2. The van der Waals surface area contributed by atoms with Gasteiger partial charge in [-0.2, -0.15) is 0 Å². The molecule has 110 valence electrons. The minimum atomic E-state index is 0.0175. The molecule has 2 heterocycles. The number of methoxy groups -OCH3 is 1. The second-order valence-electron chi connectivity index (χ2n) is 5.57. The van der Waals surface area contributed by atoms with Crippen molar-refractivity contribution in [1.82, 2.24) is 5.32 Å². The van der Waals surface area contributed by atoms with Crippen LogP contribution in [-0.2, 0) is 11.3 Å². The Hall–Kier alpha value is -1.46. The molecule has 5 heteroatoms. The van der Waals surface area contributed by atoms with Crippen molar-refractivity contribution in [2.45, 2.75) is 38.5 Å². The van der Waals surface area contributed by atoms with Crippen molar-refractivity contribution in [1.29, 1.82) is 0 Å². The highest BCUT2D eigenvalue weighted by Gasteiger charge is 2.36. The van der Waals surface area contributed by atoms with E-state index in [9.17, 15) is 0 Å². The van der Waals surface area contributed by atoms with Crippen LogP contribution < -0.4 is 19.5 Å². The van der Waals surface area contributed by atoms with Gasteiger partial charge in [0.2, 0.25) is 12.5 Å². The zero-order chi connectivity index (χ0) is 14.2. The lowest BCUT2D eigenvalue weighted by Gasteiger charge is -2.29. The number of hydrogen-bond donors (Lipinski definition) is 1. The second-order valence-corrected chi connectivity index (χ2v) is 5.57. The van der Waals surface area contributed by atoms with E-state index in [0.717, 1.165) is 36.6 Å². The minimum absolute atomic E-state index is 0.0175. The van der Waals surface area contributed by atoms with Crippen LogP contribution in [0.4, 0.5) is 0 Å². The van der Waals surface area contributed by atoms with Gasteiger partial charge in [-0.15, -0.1) is 0 Å². The van der Waals surface area contributed by atoms with Gasteiger partial charge in [-0.25, -0.2) is 0 Å². The molecule has 1 aromatic carbocycles. The van der Waals surface area contributed by atoms with Crippen LogP contribution in [0.2, 0.25) is 0 Å². The van der Waals surface area contributed by atoms with E-state index >= 15 is 0 Å². The molecule has 2 atom stereocenters. The first kappa shape index (κ1) is 13.5. The van der Waals surface area contributed by atoms with E-state index in [1.807, 2.05) is 12.1 Å². The monoisotopic (exact) mass is 279 g/mol. The maximum Gasteiger partial charge on any atom is 0.231 e. The molecule has 1 aromatic rings. The molecule has 1 saturated heterocycles. The Morgan fingerprint density at radius 1 is 1.40 bits per heavy atom. The van der Waals surface area contributed by atoms with Crippen LogP contribution in [-0.4, -0.2) is 32.2 Å². The summed E-state index contributed by atoms with van der Waals surface area (Å²) in [6, 6.07) is 3.99. The van der Waals surface area contributed by atoms with Crippen molar-refractivity contribution in [2.75, 3.05) is 20.5 Å². The van der Waals surface area contributed by atoms with Crippen LogP contribution >= 0.6 is 0 Å². The molecule has 0 bridgehead atoms. The molecule has 5 nitrogen and oxygen atoms in total. The molecular formula is C15H21NO4. The molecule has 0 amide bonds. The third kappa shape index (κ3) is 2.31. The summed E-state index contributed by atoms with van der Waals surface area (Å²) < 4.78 is 21.8. The maximum absolute atomic E-state index is 5.64. The van der Waals surface area contributed by atoms with E-state index in [-0.39, 0.29) is 18.4 Å². The number of benzene rings is 1. The van der Waals surface area contributed by atoms with E-state index < -0.39 is 0 Å². The van der Waals surface area contributed by atoms with E-state index in [2.05, 4.69) is 19.2 Å². The predicted molar refractivity (Wildman–Crippen MR) is 74.4 cm³/mol. The Labute approximate surface area is 119 Å². The molecule has 0 saturated carbocycles. The highest BCUT2D eigenvalue weighted by molar-refractivity contribution is 5.55. The first-order valence-corrected chi connectivity index (χ1v) is 6.95. The van der Waals surface area contributed by atoms with Gasteiger partial charge in [-0.3, -0.25) is 0 Å². The zero-order valence-corrected chi connectivity index (χ0v) is 12.2. The Balaban J connectivity index is 1.75. The fourth-order valence-corrected chi connectivity index (χ4v) is 2.66. The summed E-state index contributed by atoms with van der Waals surface area (Å²) in [6.07, 6.45) is 1.24. The number of hydrogen-bond acceptors (Lipinski definition) is 5. The fourth-order valence-electron chi connectivity index (χ4n) is 2.66. The maximum atomic E-state index is 5.64. The standard InChI is InChI=1S/C15H21NO4/c1-10-15(2,4-5-18-10)16-8-11-6-12(17-3)14-13(7-11)19-9-20-14/h6-7,10,16H,4-5,8-9H2,1-3H3. The molecule has 2 aliphatic heterocycles. The molecule has 2 unspecified atom stereocenters. The third-order valence-corrected chi connectivity index (χ3v) is 4.30. The van der Waals surface area contributed by atoms with Crippen LogP contribution in [0.15, 0.2) is 12.1 Å². The molecule has 0 aromatic heterocycles. The average Bonchev–Trinajstić information content (AvgIpc) is 3.04. The van der Waals surface area contributed by atoms with Crippen LogP contribution in [0.5, 0.6) is 17.2 Å². The van der Waals surface area contributed by atoms with Gasteiger partial charge >= 0.3 is 0 Å². The van der Waals surface area contributed by atoms with Crippen LogP contribution in [0.3, 0.4) is 0 Å². The number of rotatable bonds is 4.